The molecular formula is C17H17NO2. The van der Waals surface area contributed by atoms with Crippen molar-refractivity contribution >= 4 is 5.91 Å². The van der Waals surface area contributed by atoms with E-state index < -0.39 is 12.1 Å². The Morgan fingerprint density at radius 2 is 1.60 bits per heavy atom. The molecule has 0 aliphatic heterocycles. The van der Waals surface area contributed by atoms with Crippen LogP contribution in [0.3, 0.4) is 0 Å². The predicted octanol–water partition coefficient (Wildman–Crippen LogP) is 2.70. The van der Waals surface area contributed by atoms with E-state index in [0.29, 0.717) is 5.56 Å². The van der Waals surface area contributed by atoms with Crippen molar-refractivity contribution in [2.45, 2.75) is 12.1 Å². The van der Waals surface area contributed by atoms with E-state index in [1.807, 2.05) is 36.4 Å². The van der Waals surface area contributed by atoms with E-state index in [9.17, 15) is 9.90 Å². The van der Waals surface area contributed by atoms with Crippen LogP contribution in [0.1, 0.15) is 22.0 Å². The van der Waals surface area contributed by atoms with Crippen LogP contribution in [0.4, 0.5) is 0 Å². The molecule has 0 spiro atoms. The lowest BCUT2D eigenvalue weighted by molar-refractivity contribution is 0.0884. The van der Waals surface area contributed by atoms with Gasteiger partial charge in [0.05, 0.1) is 12.1 Å². The summed E-state index contributed by atoms with van der Waals surface area (Å²) in [6.07, 6.45) is 0.577. The highest BCUT2D eigenvalue weighted by Crippen LogP contribution is 2.18. The SMILES string of the molecule is C=C[C@H](O)[C@@H](NC(=O)c1ccccc1)c1ccccc1. The van der Waals surface area contributed by atoms with Gasteiger partial charge in [-0.25, -0.2) is 0 Å². The van der Waals surface area contributed by atoms with Crippen LogP contribution in [0.2, 0.25) is 0 Å². The topological polar surface area (TPSA) is 49.3 Å². The summed E-state index contributed by atoms with van der Waals surface area (Å²) in [4.78, 5) is 12.2. The Bertz CT molecular complexity index is 566. The minimum absolute atomic E-state index is 0.222. The van der Waals surface area contributed by atoms with Crippen molar-refractivity contribution in [3.8, 4) is 0 Å². The number of carbonyl (C=O) groups excluding carboxylic acids is 1. The highest BCUT2D eigenvalue weighted by atomic mass is 16.3. The molecule has 102 valence electrons. The molecule has 0 radical (unpaired) electrons. The zero-order valence-electron chi connectivity index (χ0n) is 11.1. The van der Waals surface area contributed by atoms with Crippen molar-refractivity contribution in [1.82, 2.24) is 5.32 Å². The Kier molecular flexibility index (Phi) is 4.69. The summed E-state index contributed by atoms with van der Waals surface area (Å²) >= 11 is 0. The second kappa shape index (κ2) is 6.68. The van der Waals surface area contributed by atoms with E-state index in [1.54, 1.807) is 24.3 Å². The summed E-state index contributed by atoms with van der Waals surface area (Å²) in [5, 5.41) is 12.9. The maximum Gasteiger partial charge on any atom is 0.251 e. The molecule has 0 aliphatic rings. The second-order valence-corrected chi connectivity index (χ2v) is 4.45. The first kappa shape index (κ1) is 14.0. The molecule has 20 heavy (non-hydrogen) atoms. The van der Waals surface area contributed by atoms with Crippen LogP contribution in [0.15, 0.2) is 73.3 Å². The minimum atomic E-state index is -0.843. The van der Waals surface area contributed by atoms with Crippen LogP contribution in [0.5, 0.6) is 0 Å². The number of benzene rings is 2. The first-order chi connectivity index (χ1) is 9.72. The van der Waals surface area contributed by atoms with Crippen molar-refractivity contribution in [3.63, 3.8) is 0 Å². The lowest BCUT2D eigenvalue weighted by atomic mass is 10.0. The van der Waals surface area contributed by atoms with Gasteiger partial charge in [-0.2, -0.15) is 0 Å². The quantitative estimate of drug-likeness (QED) is 0.818. The smallest absolute Gasteiger partial charge is 0.251 e. The highest BCUT2D eigenvalue weighted by Gasteiger charge is 2.21. The van der Waals surface area contributed by atoms with Crippen molar-refractivity contribution in [1.29, 1.82) is 0 Å². The van der Waals surface area contributed by atoms with Gasteiger partial charge in [0.1, 0.15) is 0 Å². The molecular weight excluding hydrogens is 250 g/mol. The summed E-state index contributed by atoms with van der Waals surface area (Å²) in [6.45, 7) is 3.59. The molecule has 1 amide bonds. The maximum atomic E-state index is 12.2. The van der Waals surface area contributed by atoms with Gasteiger partial charge >= 0.3 is 0 Å². The molecule has 0 saturated heterocycles. The molecule has 0 bridgehead atoms. The lowest BCUT2D eigenvalue weighted by Gasteiger charge is -2.22. The predicted molar refractivity (Wildman–Crippen MR) is 79.3 cm³/mol. The minimum Gasteiger partial charge on any atom is -0.387 e. The standard InChI is InChI=1S/C17H17NO2/c1-2-15(19)16(13-9-5-3-6-10-13)18-17(20)14-11-7-4-8-12-14/h2-12,15-16,19H,1H2,(H,18,20)/t15-,16-/m0/s1. The van der Waals surface area contributed by atoms with Crippen molar-refractivity contribution in [3.05, 3.63) is 84.4 Å². The van der Waals surface area contributed by atoms with E-state index >= 15 is 0 Å². The Hall–Kier alpha value is -2.39. The highest BCUT2D eigenvalue weighted by molar-refractivity contribution is 5.94. The summed E-state index contributed by atoms with van der Waals surface area (Å²) in [5.74, 6) is -0.222. The Morgan fingerprint density at radius 3 is 2.15 bits per heavy atom. The largest absolute Gasteiger partial charge is 0.387 e. The molecule has 2 N–H and O–H groups in total. The van der Waals surface area contributed by atoms with Crippen LogP contribution in [-0.2, 0) is 0 Å². The molecule has 0 aromatic heterocycles. The molecule has 0 heterocycles. The maximum absolute atomic E-state index is 12.2. The van der Waals surface area contributed by atoms with Gasteiger partial charge in [0.2, 0.25) is 0 Å². The van der Waals surface area contributed by atoms with Crippen molar-refractivity contribution in [2.24, 2.45) is 0 Å². The Balaban J connectivity index is 2.21. The van der Waals surface area contributed by atoms with Crippen LogP contribution >= 0.6 is 0 Å². The number of hydrogen-bond donors (Lipinski definition) is 2. The van der Waals surface area contributed by atoms with Gasteiger partial charge in [0, 0.05) is 5.56 Å². The number of amides is 1. The molecule has 0 unspecified atom stereocenters. The fourth-order valence-corrected chi connectivity index (χ4v) is 1.98. The van der Waals surface area contributed by atoms with Gasteiger partial charge in [-0.1, -0.05) is 54.6 Å². The average Bonchev–Trinajstić information content (AvgIpc) is 2.53. The van der Waals surface area contributed by atoms with Gasteiger partial charge < -0.3 is 10.4 Å². The first-order valence-electron chi connectivity index (χ1n) is 6.44. The van der Waals surface area contributed by atoms with E-state index in [0.717, 1.165) is 5.56 Å². The van der Waals surface area contributed by atoms with E-state index in [-0.39, 0.29) is 5.91 Å². The van der Waals surface area contributed by atoms with Gasteiger partial charge in [0.25, 0.3) is 5.91 Å². The number of aliphatic hydroxyl groups is 1. The molecule has 2 aromatic rings. The monoisotopic (exact) mass is 267 g/mol. The fourth-order valence-electron chi connectivity index (χ4n) is 1.98. The number of hydrogen-bond acceptors (Lipinski definition) is 2. The first-order valence-corrected chi connectivity index (χ1v) is 6.44. The van der Waals surface area contributed by atoms with Crippen LogP contribution in [-0.4, -0.2) is 17.1 Å². The molecule has 2 atom stereocenters. The van der Waals surface area contributed by atoms with E-state index in [1.165, 1.54) is 6.08 Å². The second-order valence-electron chi connectivity index (χ2n) is 4.45. The normalized spacial score (nSPS) is 13.2. The van der Waals surface area contributed by atoms with Gasteiger partial charge in [-0.05, 0) is 17.7 Å². The summed E-state index contributed by atoms with van der Waals surface area (Å²) in [6, 6.07) is 17.8. The van der Waals surface area contributed by atoms with Crippen LogP contribution in [0.25, 0.3) is 0 Å². The fraction of sp³-hybridized carbons (Fsp3) is 0.118. The summed E-state index contributed by atoms with van der Waals surface area (Å²) in [7, 11) is 0. The number of nitrogens with one attached hydrogen (secondary N) is 1. The number of rotatable bonds is 5. The zero-order valence-corrected chi connectivity index (χ0v) is 11.1. The van der Waals surface area contributed by atoms with E-state index in [2.05, 4.69) is 11.9 Å². The lowest BCUT2D eigenvalue weighted by Crippen LogP contribution is -2.35. The van der Waals surface area contributed by atoms with Gasteiger partial charge in [-0.3, -0.25) is 4.79 Å². The molecule has 3 nitrogen and oxygen atoms in total. The number of carbonyl (C=O) groups is 1. The zero-order chi connectivity index (χ0) is 14.4. The average molecular weight is 267 g/mol. The van der Waals surface area contributed by atoms with Gasteiger partial charge in [-0.15, -0.1) is 6.58 Å². The third kappa shape index (κ3) is 3.33. The van der Waals surface area contributed by atoms with Gasteiger partial charge in [0.15, 0.2) is 0 Å². The number of aliphatic hydroxyl groups excluding tert-OH is 1. The van der Waals surface area contributed by atoms with E-state index in [4.69, 9.17) is 0 Å². The van der Waals surface area contributed by atoms with Crippen LogP contribution < -0.4 is 5.32 Å². The molecule has 2 aromatic carbocycles. The van der Waals surface area contributed by atoms with Crippen molar-refractivity contribution in [2.75, 3.05) is 0 Å². The third-order valence-electron chi connectivity index (χ3n) is 3.06. The summed E-state index contributed by atoms with van der Waals surface area (Å²) < 4.78 is 0. The molecule has 3 heteroatoms. The third-order valence-corrected chi connectivity index (χ3v) is 3.06. The van der Waals surface area contributed by atoms with Crippen molar-refractivity contribution < 1.29 is 9.90 Å². The molecule has 0 aliphatic carbocycles. The summed E-state index contributed by atoms with van der Waals surface area (Å²) in [5.41, 5.74) is 1.40. The molecule has 0 fully saturated rings. The van der Waals surface area contributed by atoms with Crippen LogP contribution in [0, 0.1) is 0 Å². The molecule has 0 saturated carbocycles. The Labute approximate surface area is 118 Å². The molecule has 2 rings (SSSR count). The Morgan fingerprint density at radius 1 is 1.05 bits per heavy atom.